The molecule has 5 aromatic carbocycles. The maximum absolute atomic E-state index is 8.05. The van der Waals surface area contributed by atoms with Crippen LogP contribution in [0.1, 0.15) is 34.5 Å². The van der Waals surface area contributed by atoms with Crippen molar-refractivity contribution in [2.45, 2.75) is 62.7 Å². The van der Waals surface area contributed by atoms with Crippen LogP contribution in [0.15, 0.2) is 109 Å². The van der Waals surface area contributed by atoms with Gasteiger partial charge in [0.05, 0.1) is 0 Å². The Kier molecular flexibility index (Phi) is 9.27. The molecule has 0 radical (unpaired) electrons. The van der Waals surface area contributed by atoms with Crippen molar-refractivity contribution >= 4 is 72.8 Å². The molecule has 0 N–H and O–H groups in total. The third kappa shape index (κ3) is 6.14. The Balaban J connectivity index is 1.48. The minimum atomic E-state index is -4.08. The predicted octanol–water partition coefficient (Wildman–Crippen LogP) is 9.24. The van der Waals surface area contributed by atoms with Crippen LogP contribution in [0.2, 0.25) is 39.3 Å². The molecular formula is C42H46Cl2Si3Zr. The number of rotatable bonds is 8. The van der Waals surface area contributed by atoms with E-state index in [9.17, 15) is 0 Å². The van der Waals surface area contributed by atoms with Gasteiger partial charge in [0.2, 0.25) is 0 Å². The van der Waals surface area contributed by atoms with E-state index in [4.69, 9.17) is 17.0 Å². The van der Waals surface area contributed by atoms with Gasteiger partial charge in [-0.3, -0.25) is 0 Å². The molecule has 0 amide bonds. The van der Waals surface area contributed by atoms with E-state index in [0.29, 0.717) is 0 Å². The normalized spacial score (nSPS) is 16.1. The summed E-state index contributed by atoms with van der Waals surface area (Å²) in [5, 5.41) is 6.08. The molecule has 5 aromatic rings. The van der Waals surface area contributed by atoms with E-state index in [1.807, 2.05) is 0 Å². The Morgan fingerprint density at radius 2 is 1.31 bits per heavy atom. The molecule has 48 heavy (non-hydrogen) atoms. The SMILES string of the molecule is CCCC1=Cc2c(ccc(-c3ccccc3)c2-c2cc([Si](C)(C)C)cc([Si](C)(C)C)c2)[CH]1[Zr]([Cl])([Cl])[c]1cccc2c1[SiH2]c1ccccc1-2. The van der Waals surface area contributed by atoms with Gasteiger partial charge in [-0.1, -0.05) is 0 Å². The van der Waals surface area contributed by atoms with Crippen molar-refractivity contribution in [3.8, 4) is 33.4 Å². The Labute approximate surface area is 304 Å². The fourth-order valence-electron chi connectivity index (χ4n) is 7.88. The van der Waals surface area contributed by atoms with Crippen LogP contribution in [0.3, 0.4) is 0 Å². The van der Waals surface area contributed by atoms with Crippen LogP contribution < -0.4 is 24.0 Å². The zero-order chi connectivity index (χ0) is 34.0. The van der Waals surface area contributed by atoms with E-state index < -0.39 is 43.5 Å². The summed E-state index contributed by atoms with van der Waals surface area (Å²) in [6.45, 7) is 17.2. The Morgan fingerprint density at radius 3 is 1.98 bits per heavy atom. The molecule has 0 saturated carbocycles. The van der Waals surface area contributed by atoms with Gasteiger partial charge in [-0.2, -0.15) is 0 Å². The van der Waals surface area contributed by atoms with Gasteiger partial charge in [0, 0.05) is 0 Å². The third-order valence-corrected chi connectivity index (χ3v) is 28.8. The van der Waals surface area contributed by atoms with Crippen LogP contribution in [-0.4, -0.2) is 25.7 Å². The molecule has 1 aliphatic carbocycles. The quantitative estimate of drug-likeness (QED) is 0.135. The van der Waals surface area contributed by atoms with Crippen molar-refractivity contribution < 1.29 is 17.9 Å². The van der Waals surface area contributed by atoms with Gasteiger partial charge < -0.3 is 0 Å². The first-order chi connectivity index (χ1) is 22.8. The molecule has 6 heteroatoms. The minimum absolute atomic E-state index is 0.0852. The van der Waals surface area contributed by atoms with Crippen LogP contribution in [-0.2, 0) is 17.9 Å². The molecule has 1 heterocycles. The summed E-state index contributed by atoms with van der Waals surface area (Å²) >= 11 is -4.08. The predicted molar refractivity (Wildman–Crippen MR) is 220 cm³/mol. The molecule has 0 nitrogen and oxygen atoms in total. The molecule has 0 fully saturated rings. The van der Waals surface area contributed by atoms with Gasteiger partial charge in [0.15, 0.2) is 0 Å². The number of halogens is 2. The monoisotopic (exact) mass is 794 g/mol. The molecule has 244 valence electrons. The number of hydrogen-bond acceptors (Lipinski definition) is 0. The molecule has 1 atom stereocenters. The van der Waals surface area contributed by atoms with E-state index >= 15 is 0 Å². The van der Waals surface area contributed by atoms with Gasteiger partial charge >= 0.3 is 307 Å². The van der Waals surface area contributed by atoms with Crippen LogP contribution in [0.4, 0.5) is 0 Å². The molecule has 0 aromatic heterocycles. The summed E-state index contributed by atoms with van der Waals surface area (Å²) in [4.78, 5) is 0. The second-order valence-corrected chi connectivity index (χ2v) is 41.8. The van der Waals surface area contributed by atoms with Crippen LogP contribution in [0, 0.1) is 0 Å². The van der Waals surface area contributed by atoms with E-state index in [1.165, 1.54) is 74.1 Å². The van der Waals surface area contributed by atoms with Crippen molar-refractivity contribution in [2.24, 2.45) is 0 Å². The Bertz CT molecular complexity index is 2040. The number of allylic oxidation sites excluding steroid dienone is 1. The first kappa shape index (κ1) is 34.4. The summed E-state index contributed by atoms with van der Waals surface area (Å²) in [7, 11) is 12.2. The molecule has 2 aliphatic rings. The molecule has 1 unspecified atom stereocenters. The molecule has 0 spiro atoms. The van der Waals surface area contributed by atoms with Crippen LogP contribution in [0.5, 0.6) is 0 Å². The van der Waals surface area contributed by atoms with Gasteiger partial charge in [0.1, 0.15) is 0 Å². The average molecular weight is 797 g/mol. The fraction of sp³-hybridized carbons (Fsp3) is 0.238. The molecular weight excluding hydrogens is 751 g/mol. The number of benzene rings is 5. The van der Waals surface area contributed by atoms with Crippen molar-refractivity contribution in [3.05, 3.63) is 120 Å². The van der Waals surface area contributed by atoms with Crippen molar-refractivity contribution in [3.63, 3.8) is 0 Å². The average Bonchev–Trinajstić information content (AvgIpc) is 3.62. The maximum atomic E-state index is 8.05. The second-order valence-electron chi connectivity index (χ2n) is 15.8. The molecule has 0 bridgehead atoms. The zero-order valence-electron chi connectivity index (χ0n) is 29.3. The molecule has 0 saturated heterocycles. The molecule has 7 rings (SSSR count). The topological polar surface area (TPSA) is 0 Å². The summed E-state index contributed by atoms with van der Waals surface area (Å²) in [6.07, 6.45) is 4.61. The Hall–Kier alpha value is -2.05. The van der Waals surface area contributed by atoms with E-state index in [1.54, 1.807) is 0 Å². The van der Waals surface area contributed by atoms with Gasteiger partial charge in [-0.25, -0.2) is 0 Å². The summed E-state index contributed by atoms with van der Waals surface area (Å²) in [5.41, 5.74) is 12.1. The van der Waals surface area contributed by atoms with Gasteiger partial charge in [-0.15, -0.1) is 0 Å². The van der Waals surface area contributed by atoms with E-state index in [2.05, 4.69) is 155 Å². The number of hydrogen-bond donors (Lipinski definition) is 0. The second kappa shape index (κ2) is 12.9. The summed E-state index contributed by atoms with van der Waals surface area (Å²) < 4.78 is 1.39. The van der Waals surface area contributed by atoms with Crippen molar-refractivity contribution in [1.29, 1.82) is 0 Å². The standard InChI is InChI=1S/C30H37Si2.C12H9Si.2ClH.Zr/c1-8-12-22-17-24-15-16-28(23-13-10-9-11-14-23)30(29(24)18-22)25-19-26(31(2,3)4)21-27(20-25)32(5,6)7;1-3-7-11-9(5-1)10-6-2-4-8-12(10)13-11;;;/h9-11,13-21H,8,12H2,1-7H3;1-7H,13H2;2*1H;/q;;;;+2/p-2. The van der Waals surface area contributed by atoms with Crippen molar-refractivity contribution in [2.75, 3.05) is 0 Å². The zero-order valence-corrected chi connectivity index (χ0v) is 36.7. The summed E-state index contributed by atoms with van der Waals surface area (Å²) in [5.74, 6) is 0. The van der Waals surface area contributed by atoms with Crippen LogP contribution in [0.25, 0.3) is 39.5 Å². The Morgan fingerprint density at radius 1 is 0.667 bits per heavy atom. The number of fused-ring (bicyclic) bond motifs is 4. The van der Waals surface area contributed by atoms with Crippen LogP contribution >= 0.6 is 17.0 Å². The van der Waals surface area contributed by atoms with Crippen molar-refractivity contribution in [1.82, 2.24) is 0 Å². The summed E-state index contributed by atoms with van der Waals surface area (Å²) in [6, 6.07) is 39.1. The fourth-order valence-corrected chi connectivity index (χ4v) is 27.2. The van der Waals surface area contributed by atoms with Gasteiger partial charge in [0.25, 0.3) is 0 Å². The first-order valence-corrected chi connectivity index (χ1v) is 34.9. The van der Waals surface area contributed by atoms with E-state index in [-0.39, 0.29) is 3.63 Å². The third-order valence-electron chi connectivity index (χ3n) is 10.4. The first-order valence-electron chi connectivity index (χ1n) is 17.5. The van der Waals surface area contributed by atoms with E-state index in [0.717, 1.165) is 12.8 Å². The molecule has 1 aliphatic heterocycles. The van der Waals surface area contributed by atoms with Gasteiger partial charge in [-0.05, 0) is 0 Å².